The monoisotopic (exact) mass is 270 g/mol. The number of aliphatic carboxylic acids is 1. The van der Waals surface area contributed by atoms with Crippen LogP contribution in [0.25, 0.3) is 0 Å². The van der Waals surface area contributed by atoms with Crippen molar-refractivity contribution in [2.45, 2.75) is 13.3 Å². The van der Waals surface area contributed by atoms with Crippen molar-refractivity contribution in [3.63, 3.8) is 0 Å². The van der Waals surface area contributed by atoms with E-state index in [0.29, 0.717) is 23.7 Å². The minimum absolute atomic E-state index is 0.305. The molecule has 0 aromatic heterocycles. The average molecular weight is 271 g/mol. The highest BCUT2D eigenvalue weighted by molar-refractivity contribution is 6.30. The van der Waals surface area contributed by atoms with E-state index in [2.05, 4.69) is 10.6 Å². The quantitative estimate of drug-likeness (QED) is 0.769. The smallest absolute Gasteiger partial charge is 0.319 e. The molecule has 98 valence electrons. The lowest BCUT2D eigenvalue weighted by Gasteiger charge is -2.09. The number of carboxylic acid groups (broad SMARTS) is 1. The van der Waals surface area contributed by atoms with Crippen molar-refractivity contribution in [3.05, 3.63) is 29.3 Å². The third-order valence-electron chi connectivity index (χ3n) is 2.37. The predicted octanol–water partition coefficient (Wildman–Crippen LogP) is 2.57. The number of amides is 2. The SMILES string of the molecule is CC(CCNC(=O)Nc1cccc(Cl)c1)C(=O)O. The zero-order valence-electron chi connectivity index (χ0n) is 9.94. The molecule has 5 nitrogen and oxygen atoms in total. The van der Waals surface area contributed by atoms with E-state index in [1.54, 1.807) is 31.2 Å². The molecule has 18 heavy (non-hydrogen) atoms. The summed E-state index contributed by atoms with van der Waals surface area (Å²) < 4.78 is 0. The van der Waals surface area contributed by atoms with Crippen LogP contribution < -0.4 is 10.6 Å². The molecule has 0 spiro atoms. The molecule has 6 heteroatoms. The number of nitrogens with one attached hydrogen (secondary N) is 2. The van der Waals surface area contributed by atoms with Crippen molar-refractivity contribution >= 4 is 29.3 Å². The van der Waals surface area contributed by atoms with Crippen LogP contribution in [0.15, 0.2) is 24.3 Å². The van der Waals surface area contributed by atoms with Gasteiger partial charge in [-0.05, 0) is 24.6 Å². The molecule has 1 atom stereocenters. The van der Waals surface area contributed by atoms with Gasteiger partial charge in [-0.1, -0.05) is 24.6 Å². The van der Waals surface area contributed by atoms with Crippen LogP contribution in [0.2, 0.25) is 5.02 Å². The topological polar surface area (TPSA) is 78.4 Å². The summed E-state index contributed by atoms with van der Waals surface area (Å²) in [5.74, 6) is -1.34. The lowest BCUT2D eigenvalue weighted by Crippen LogP contribution is -2.31. The van der Waals surface area contributed by atoms with E-state index in [9.17, 15) is 9.59 Å². The minimum Gasteiger partial charge on any atom is -0.481 e. The zero-order valence-corrected chi connectivity index (χ0v) is 10.7. The van der Waals surface area contributed by atoms with Gasteiger partial charge in [0.2, 0.25) is 0 Å². The largest absolute Gasteiger partial charge is 0.481 e. The molecule has 3 N–H and O–H groups in total. The molecule has 1 unspecified atom stereocenters. The van der Waals surface area contributed by atoms with Gasteiger partial charge < -0.3 is 15.7 Å². The van der Waals surface area contributed by atoms with E-state index in [1.165, 1.54) is 0 Å². The Labute approximate surface area is 110 Å². The van der Waals surface area contributed by atoms with Crippen LogP contribution in [0.5, 0.6) is 0 Å². The lowest BCUT2D eigenvalue weighted by atomic mass is 10.1. The van der Waals surface area contributed by atoms with Crippen molar-refractivity contribution in [1.82, 2.24) is 5.32 Å². The fourth-order valence-electron chi connectivity index (χ4n) is 1.27. The maximum absolute atomic E-state index is 11.5. The molecule has 0 aliphatic rings. The normalized spacial score (nSPS) is 11.7. The summed E-state index contributed by atoms with van der Waals surface area (Å²) in [5.41, 5.74) is 0.589. The maximum atomic E-state index is 11.5. The van der Waals surface area contributed by atoms with Gasteiger partial charge >= 0.3 is 12.0 Å². The number of benzene rings is 1. The fraction of sp³-hybridized carbons (Fsp3) is 0.333. The third-order valence-corrected chi connectivity index (χ3v) is 2.60. The Morgan fingerprint density at radius 2 is 2.17 bits per heavy atom. The van der Waals surface area contributed by atoms with E-state index in [0.717, 1.165) is 0 Å². The summed E-state index contributed by atoms with van der Waals surface area (Å²) in [5, 5.41) is 14.4. The number of carboxylic acids is 1. The Morgan fingerprint density at radius 3 is 2.78 bits per heavy atom. The van der Waals surface area contributed by atoms with E-state index >= 15 is 0 Å². The molecule has 1 aromatic rings. The number of urea groups is 1. The number of anilines is 1. The van der Waals surface area contributed by atoms with Crippen LogP contribution in [0, 0.1) is 5.92 Å². The Bertz CT molecular complexity index is 437. The summed E-state index contributed by atoms with van der Waals surface area (Å²) in [4.78, 5) is 22.0. The third kappa shape index (κ3) is 5.05. The van der Waals surface area contributed by atoms with Gasteiger partial charge in [-0.3, -0.25) is 4.79 Å². The first kappa shape index (κ1) is 14.3. The number of carbonyl (C=O) groups excluding carboxylic acids is 1. The number of hydrogen-bond acceptors (Lipinski definition) is 2. The van der Waals surface area contributed by atoms with E-state index in [1.807, 2.05) is 0 Å². The molecule has 0 heterocycles. The summed E-state index contributed by atoms with van der Waals surface area (Å²) >= 11 is 5.77. The molecule has 0 aliphatic heterocycles. The van der Waals surface area contributed by atoms with Gasteiger partial charge in [0.1, 0.15) is 0 Å². The second-order valence-electron chi connectivity index (χ2n) is 3.92. The molecule has 1 aromatic carbocycles. The van der Waals surface area contributed by atoms with Crippen LogP contribution in [-0.4, -0.2) is 23.7 Å². The minimum atomic E-state index is -0.868. The highest BCUT2D eigenvalue weighted by Gasteiger charge is 2.10. The fourth-order valence-corrected chi connectivity index (χ4v) is 1.46. The van der Waals surface area contributed by atoms with Gasteiger partial charge in [0, 0.05) is 17.3 Å². The Balaban J connectivity index is 2.32. The van der Waals surface area contributed by atoms with E-state index in [-0.39, 0.29) is 6.03 Å². The molecule has 0 radical (unpaired) electrons. The predicted molar refractivity (Wildman–Crippen MR) is 69.9 cm³/mol. The molecule has 0 fully saturated rings. The lowest BCUT2D eigenvalue weighted by molar-refractivity contribution is -0.141. The van der Waals surface area contributed by atoms with Gasteiger partial charge in [-0.25, -0.2) is 4.79 Å². The van der Waals surface area contributed by atoms with Crippen LogP contribution in [0.1, 0.15) is 13.3 Å². The molecule has 0 aliphatic carbocycles. The first-order valence-electron chi connectivity index (χ1n) is 5.52. The molecule has 0 bridgehead atoms. The molecular weight excluding hydrogens is 256 g/mol. The highest BCUT2D eigenvalue weighted by atomic mass is 35.5. The van der Waals surface area contributed by atoms with Gasteiger partial charge in [0.05, 0.1) is 5.92 Å². The molecule has 0 saturated heterocycles. The van der Waals surface area contributed by atoms with Gasteiger partial charge in [-0.2, -0.15) is 0 Å². The molecule has 0 saturated carbocycles. The second-order valence-corrected chi connectivity index (χ2v) is 4.36. The second kappa shape index (κ2) is 6.86. The van der Waals surface area contributed by atoms with Crippen molar-refractivity contribution < 1.29 is 14.7 Å². The van der Waals surface area contributed by atoms with Crippen LogP contribution in [0.4, 0.5) is 10.5 Å². The van der Waals surface area contributed by atoms with Gasteiger partial charge in [0.15, 0.2) is 0 Å². The Hall–Kier alpha value is -1.75. The Morgan fingerprint density at radius 1 is 1.44 bits per heavy atom. The standard InChI is InChI=1S/C12H15ClN2O3/c1-8(11(16)17)5-6-14-12(18)15-10-4-2-3-9(13)7-10/h2-4,7-8H,5-6H2,1H3,(H,16,17)(H2,14,15,18). The summed E-state index contributed by atoms with van der Waals surface area (Å²) in [6.07, 6.45) is 0.387. The number of halogens is 1. The highest BCUT2D eigenvalue weighted by Crippen LogP contribution is 2.14. The van der Waals surface area contributed by atoms with Crippen molar-refractivity contribution in [1.29, 1.82) is 0 Å². The van der Waals surface area contributed by atoms with Crippen LogP contribution in [0.3, 0.4) is 0 Å². The molecule has 1 rings (SSSR count). The van der Waals surface area contributed by atoms with Crippen LogP contribution >= 0.6 is 11.6 Å². The number of rotatable bonds is 5. The van der Waals surface area contributed by atoms with Gasteiger partial charge in [0.25, 0.3) is 0 Å². The zero-order chi connectivity index (χ0) is 13.5. The van der Waals surface area contributed by atoms with E-state index < -0.39 is 11.9 Å². The average Bonchev–Trinajstić information content (AvgIpc) is 2.28. The maximum Gasteiger partial charge on any atom is 0.319 e. The van der Waals surface area contributed by atoms with Gasteiger partial charge in [-0.15, -0.1) is 0 Å². The number of carbonyl (C=O) groups is 2. The summed E-state index contributed by atoms with van der Waals surface area (Å²) in [7, 11) is 0. The van der Waals surface area contributed by atoms with Crippen molar-refractivity contribution in [3.8, 4) is 0 Å². The first-order chi connectivity index (χ1) is 8.49. The first-order valence-corrected chi connectivity index (χ1v) is 5.90. The van der Waals surface area contributed by atoms with Crippen LogP contribution in [-0.2, 0) is 4.79 Å². The van der Waals surface area contributed by atoms with Crippen molar-refractivity contribution in [2.75, 3.05) is 11.9 Å². The summed E-state index contributed by atoms with van der Waals surface area (Å²) in [6.45, 7) is 1.90. The van der Waals surface area contributed by atoms with E-state index in [4.69, 9.17) is 16.7 Å². The van der Waals surface area contributed by atoms with Crippen molar-refractivity contribution in [2.24, 2.45) is 5.92 Å². The molecular formula is C12H15ClN2O3. The Kier molecular flexibility index (Phi) is 5.45. The summed E-state index contributed by atoms with van der Waals surface area (Å²) in [6, 6.07) is 6.39. The molecule has 2 amide bonds. The number of hydrogen-bond donors (Lipinski definition) is 3.